The number of halogens is 2. The fourth-order valence-corrected chi connectivity index (χ4v) is 6.65. The first-order valence-corrected chi connectivity index (χ1v) is 16.4. The smallest absolute Gasteiger partial charge is 0.253 e. The number of hydrazone groups is 1. The molecule has 0 bridgehead atoms. The maximum Gasteiger partial charge on any atom is 0.253 e. The molecule has 2 amide bonds. The van der Waals surface area contributed by atoms with Gasteiger partial charge < -0.3 is 19.1 Å². The molecule has 2 atom stereocenters. The molecule has 0 unspecified atom stereocenters. The summed E-state index contributed by atoms with van der Waals surface area (Å²) in [6.45, 7) is 13.8. The van der Waals surface area contributed by atoms with Crippen molar-refractivity contribution >= 4 is 48.0 Å². The second-order valence-electron chi connectivity index (χ2n) is 12.0. The van der Waals surface area contributed by atoms with Gasteiger partial charge in [-0.1, -0.05) is 12.2 Å². The van der Waals surface area contributed by atoms with E-state index in [2.05, 4.69) is 22.0 Å². The summed E-state index contributed by atoms with van der Waals surface area (Å²) in [5, 5.41) is 6.47. The lowest BCUT2D eigenvalue weighted by molar-refractivity contribution is -0.123. The highest BCUT2D eigenvalue weighted by Crippen LogP contribution is 2.38. The van der Waals surface area contributed by atoms with Gasteiger partial charge in [-0.2, -0.15) is 5.10 Å². The highest BCUT2D eigenvalue weighted by molar-refractivity contribution is 6.11. The fraction of sp³-hybridized carbons (Fsp3) is 0.514. The molecule has 6 rings (SSSR count). The van der Waals surface area contributed by atoms with Crippen molar-refractivity contribution in [2.24, 2.45) is 16.9 Å². The average Bonchev–Trinajstić information content (AvgIpc) is 3.09. The number of fused-ring (bicyclic) bond motifs is 1. The summed E-state index contributed by atoms with van der Waals surface area (Å²) in [5.74, 6) is 1.16. The van der Waals surface area contributed by atoms with Crippen LogP contribution in [0.1, 0.15) is 42.6 Å². The third kappa shape index (κ3) is 8.48. The van der Waals surface area contributed by atoms with E-state index in [9.17, 15) is 9.59 Å². The Morgan fingerprint density at radius 2 is 1.43 bits per heavy atom. The first-order chi connectivity index (χ1) is 22.1. The van der Waals surface area contributed by atoms with E-state index in [-0.39, 0.29) is 48.5 Å². The Kier molecular flexibility index (Phi) is 13.5. The number of anilines is 1. The lowest BCUT2D eigenvalue weighted by Crippen LogP contribution is -2.51. The molecule has 3 heterocycles. The zero-order chi connectivity index (χ0) is 31.2. The van der Waals surface area contributed by atoms with Gasteiger partial charge in [0.15, 0.2) is 11.5 Å². The molecule has 4 aliphatic rings. The molecule has 12 heteroatoms. The van der Waals surface area contributed by atoms with Gasteiger partial charge in [0, 0.05) is 69.4 Å². The zero-order valence-corrected chi connectivity index (χ0v) is 29.0. The number of ether oxygens (including phenoxy) is 3. The highest BCUT2D eigenvalue weighted by Gasteiger charge is 2.41. The third-order valence-electron chi connectivity index (χ3n) is 9.21. The van der Waals surface area contributed by atoms with E-state index in [0.29, 0.717) is 55.5 Å². The Hall–Kier alpha value is -3.15. The minimum atomic E-state index is -0.203. The Balaban J connectivity index is 0.00000250. The second kappa shape index (κ2) is 17.3. The van der Waals surface area contributed by atoms with E-state index >= 15 is 0 Å². The quantitative estimate of drug-likeness (QED) is 0.333. The average molecular weight is 689 g/mol. The van der Waals surface area contributed by atoms with E-state index in [1.807, 2.05) is 61.2 Å². The van der Waals surface area contributed by atoms with Gasteiger partial charge in [-0.3, -0.25) is 19.4 Å². The maximum absolute atomic E-state index is 13.7. The normalized spacial score (nSPS) is 21.7. The molecule has 0 saturated carbocycles. The molecular formula is C35H47Cl2N5O5. The number of carbonyl (C=O) groups is 2. The van der Waals surface area contributed by atoms with E-state index < -0.39 is 0 Å². The van der Waals surface area contributed by atoms with Gasteiger partial charge in [-0.15, -0.1) is 24.8 Å². The van der Waals surface area contributed by atoms with Crippen LogP contribution in [0.15, 0.2) is 59.7 Å². The standard InChI is InChI=1S/C35H45N5O5.2ClH/c1-3-44-31-14-11-27(25-32(31)45-4-2)33-29-7-5-6-8-30(29)35(42)40(36-33)28-12-9-26(10-13-28)34(41)39-19-17-37(18-20-39)15-16-38-21-23-43-24-22-38;;/h5-6,9-14,25,29-30H,3-4,7-8,15-24H2,1-2H3;2*1H/t29-,30+;;/m0../s1. The first kappa shape index (κ1) is 36.7. The first-order valence-electron chi connectivity index (χ1n) is 16.4. The van der Waals surface area contributed by atoms with Gasteiger partial charge in [0.1, 0.15) is 0 Å². The molecule has 2 saturated heterocycles. The van der Waals surface area contributed by atoms with E-state index in [1.54, 1.807) is 0 Å². The van der Waals surface area contributed by atoms with Crippen LogP contribution in [0.5, 0.6) is 11.5 Å². The van der Waals surface area contributed by atoms with Crippen molar-refractivity contribution in [1.82, 2.24) is 14.7 Å². The van der Waals surface area contributed by atoms with Gasteiger partial charge in [-0.05, 0) is 69.2 Å². The molecule has 0 N–H and O–H groups in total. The minimum absolute atomic E-state index is 0. The Morgan fingerprint density at radius 3 is 2.09 bits per heavy atom. The number of piperazine rings is 1. The van der Waals surface area contributed by atoms with Crippen LogP contribution in [0.2, 0.25) is 0 Å². The lowest BCUT2D eigenvalue weighted by Gasteiger charge is -2.37. The predicted molar refractivity (Wildman–Crippen MR) is 189 cm³/mol. The Bertz CT molecular complexity index is 1410. The molecule has 2 aromatic rings. The zero-order valence-electron chi connectivity index (χ0n) is 27.3. The van der Waals surface area contributed by atoms with Gasteiger partial charge in [-0.25, -0.2) is 5.01 Å². The van der Waals surface area contributed by atoms with Gasteiger partial charge in [0.2, 0.25) is 0 Å². The number of allylic oxidation sites excluding steroid dienone is 2. The number of nitrogens with zero attached hydrogens (tertiary/aromatic N) is 5. The van der Waals surface area contributed by atoms with Crippen molar-refractivity contribution in [2.75, 3.05) is 83.8 Å². The molecular weight excluding hydrogens is 641 g/mol. The van der Waals surface area contributed by atoms with E-state index in [0.717, 1.165) is 70.2 Å². The van der Waals surface area contributed by atoms with Crippen molar-refractivity contribution in [2.45, 2.75) is 26.7 Å². The van der Waals surface area contributed by atoms with Crippen LogP contribution in [0, 0.1) is 11.8 Å². The van der Waals surface area contributed by atoms with Crippen LogP contribution in [0.4, 0.5) is 5.69 Å². The molecule has 0 radical (unpaired) electrons. The third-order valence-corrected chi connectivity index (χ3v) is 9.21. The summed E-state index contributed by atoms with van der Waals surface area (Å²) >= 11 is 0. The van der Waals surface area contributed by atoms with Crippen molar-refractivity contribution in [3.8, 4) is 11.5 Å². The van der Waals surface area contributed by atoms with Gasteiger partial charge in [0.05, 0.1) is 43.7 Å². The molecule has 1 aliphatic carbocycles. The van der Waals surface area contributed by atoms with Crippen LogP contribution in [0.3, 0.4) is 0 Å². The van der Waals surface area contributed by atoms with Crippen molar-refractivity contribution in [1.29, 1.82) is 0 Å². The largest absolute Gasteiger partial charge is 0.490 e. The number of morpholine rings is 1. The van der Waals surface area contributed by atoms with Crippen molar-refractivity contribution in [3.05, 3.63) is 65.7 Å². The van der Waals surface area contributed by atoms with Crippen LogP contribution in [0.25, 0.3) is 0 Å². The number of rotatable bonds is 10. The molecule has 2 aromatic carbocycles. The van der Waals surface area contributed by atoms with Crippen molar-refractivity contribution < 1.29 is 23.8 Å². The number of benzene rings is 2. The maximum atomic E-state index is 13.7. The number of amides is 2. The van der Waals surface area contributed by atoms with Crippen molar-refractivity contribution in [3.63, 3.8) is 0 Å². The second-order valence-corrected chi connectivity index (χ2v) is 12.0. The summed E-state index contributed by atoms with van der Waals surface area (Å²) in [4.78, 5) is 34.0. The molecule has 0 aromatic heterocycles. The van der Waals surface area contributed by atoms with E-state index in [4.69, 9.17) is 19.3 Å². The van der Waals surface area contributed by atoms with Crippen LogP contribution >= 0.6 is 24.8 Å². The van der Waals surface area contributed by atoms with E-state index in [1.165, 1.54) is 5.01 Å². The van der Waals surface area contributed by atoms with Gasteiger partial charge >= 0.3 is 0 Å². The SMILES string of the molecule is CCOc1ccc(C2=NN(c3ccc(C(=O)N4CCN(CCN5CCOCC5)CC4)cc3)C(=O)[C@@H]3CC=CC[C@H]23)cc1OCC.Cl.Cl. The molecule has 256 valence electrons. The number of hydrogen-bond donors (Lipinski definition) is 0. The minimum Gasteiger partial charge on any atom is -0.490 e. The fourth-order valence-electron chi connectivity index (χ4n) is 6.65. The predicted octanol–water partition coefficient (Wildman–Crippen LogP) is 4.75. The summed E-state index contributed by atoms with van der Waals surface area (Å²) in [7, 11) is 0. The summed E-state index contributed by atoms with van der Waals surface area (Å²) in [6, 6.07) is 13.2. The van der Waals surface area contributed by atoms with Crippen LogP contribution in [-0.2, 0) is 9.53 Å². The van der Waals surface area contributed by atoms with Gasteiger partial charge in [0.25, 0.3) is 11.8 Å². The van der Waals surface area contributed by atoms with Crippen LogP contribution in [-0.4, -0.2) is 111 Å². The summed E-state index contributed by atoms with van der Waals surface area (Å²) in [6.07, 6.45) is 5.66. The molecule has 10 nitrogen and oxygen atoms in total. The lowest BCUT2D eigenvalue weighted by atomic mass is 9.76. The monoisotopic (exact) mass is 687 g/mol. The van der Waals surface area contributed by atoms with Crippen LogP contribution < -0.4 is 14.5 Å². The highest BCUT2D eigenvalue weighted by atomic mass is 35.5. The molecule has 47 heavy (non-hydrogen) atoms. The molecule has 3 aliphatic heterocycles. The summed E-state index contributed by atoms with van der Waals surface area (Å²) in [5.41, 5.74) is 3.06. The molecule has 2 fully saturated rings. The Morgan fingerprint density at radius 1 is 0.809 bits per heavy atom. The summed E-state index contributed by atoms with van der Waals surface area (Å²) < 4.78 is 17.1. The molecule has 0 spiro atoms. The number of carbonyl (C=O) groups excluding carboxylic acids is 2. The topological polar surface area (TPSA) is 87.2 Å². The Labute approximate surface area is 290 Å². The number of hydrogen-bond acceptors (Lipinski definition) is 8.